The Kier molecular flexibility index (Phi) is 10.3. The molecule has 3 nitrogen and oxygen atoms in total. The molecule has 1 aromatic rings. The molecule has 1 aromatic heterocycles. The topological polar surface area (TPSA) is 34.4 Å². The lowest BCUT2D eigenvalue weighted by molar-refractivity contribution is 0.161. The molecule has 1 N–H and O–H groups in total. The van der Waals surface area contributed by atoms with Gasteiger partial charge in [-0.05, 0) is 25.1 Å². The highest BCUT2D eigenvalue weighted by Gasteiger charge is 2.14. The highest BCUT2D eigenvalue weighted by Crippen LogP contribution is 2.23. The van der Waals surface area contributed by atoms with Crippen LogP contribution < -0.4 is 5.32 Å². The third-order valence-corrected chi connectivity index (χ3v) is 3.86. The molecule has 1 unspecified atom stereocenters. The summed E-state index contributed by atoms with van der Waals surface area (Å²) in [5, 5.41) is 3.53. The maximum absolute atomic E-state index is 5.86. The number of rotatable bonds is 13. The van der Waals surface area contributed by atoms with Crippen molar-refractivity contribution in [2.24, 2.45) is 0 Å². The van der Waals surface area contributed by atoms with Crippen LogP contribution >= 0.6 is 0 Å². The average molecular weight is 295 g/mol. The Balaban J connectivity index is 2.28. The van der Waals surface area contributed by atoms with Gasteiger partial charge in [-0.2, -0.15) is 0 Å². The SMILES string of the molecule is CCCCCCCCCC(NCC)c1ccc(COC)o1. The molecule has 0 saturated heterocycles. The molecule has 0 amide bonds. The van der Waals surface area contributed by atoms with Gasteiger partial charge in [0.25, 0.3) is 0 Å². The molecular weight excluding hydrogens is 262 g/mol. The summed E-state index contributed by atoms with van der Waals surface area (Å²) in [6, 6.07) is 4.45. The monoisotopic (exact) mass is 295 g/mol. The number of methoxy groups -OCH3 is 1. The average Bonchev–Trinajstić information content (AvgIpc) is 2.94. The summed E-state index contributed by atoms with van der Waals surface area (Å²) in [7, 11) is 1.70. The zero-order valence-electron chi connectivity index (χ0n) is 14.1. The fraction of sp³-hybridized carbons (Fsp3) is 0.778. The van der Waals surface area contributed by atoms with E-state index < -0.39 is 0 Å². The van der Waals surface area contributed by atoms with Gasteiger partial charge in [0.05, 0.1) is 6.04 Å². The normalized spacial score (nSPS) is 12.7. The van der Waals surface area contributed by atoms with Gasteiger partial charge < -0.3 is 14.5 Å². The first-order valence-electron chi connectivity index (χ1n) is 8.62. The van der Waals surface area contributed by atoms with Crippen molar-refractivity contribution in [1.82, 2.24) is 5.32 Å². The van der Waals surface area contributed by atoms with Gasteiger partial charge in [0.2, 0.25) is 0 Å². The van der Waals surface area contributed by atoms with Gasteiger partial charge in [0.1, 0.15) is 18.1 Å². The van der Waals surface area contributed by atoms with Crippen molar-refractivity contribution in [2.75, 3.05) is 13.7 Å². The van der Waals surface area contributed by atoms with Crippen LogP contribution in [0, 0.1) is 0 Å². The largest absolute Gasteiger partial charge is 0.462 e. The van der Waals surface area contributed by atoms with E-state index in [1.54, 1.807) is 7.11 Å². The Bertz CT molecular complexity index is 349. The third-order valence-electron chi connectivity index (χ3n) is 3.86. The van der Waals surface area contributed by atoms with Gasteiger partial charge in [-0.15, -0.1) is 0 Å². The van der Waals surface area contributed by atoms with Gasteiger partial charge in [-0.3, -0.25) is 0 Å². The fourth-order valence-electron chi connectivity index (χ4n) is 2.70. The maximum atomic E-state index is 5.86. The Hall–Kier alpha value is -0.800. The molecule has 1 rings (SSSR count). The Morgan fingerprint density at radius 2 is 1.76 bits per heavy atom. The van der Waals surface area contributed by atoms with Crippen LogP contribution in [0.2, 0.25) is 0 Å². The van der Waals surface area contributed by atoms with E-state index in [0.717, 1.165) is 24.5 Å². The summed E-state index contributed by atoms with van der Waals surface area (Å²) in [6.45, 7) is 5.94. The van der Waals surface area contributed by atoms with Crippen LogP contribution in [0.4, 0.5) is 0 Å². The second kappa shape index (κ2) is 11.8. The summed E-state index contributed by atoms with van der Waals surface area (Å²) in [6.07, 6.45) is 10.6. The number of hydrogen-bond acceptors (Lipinski definition) is 3. The molecule has 0 fully saturated rings. The van der Waals surface area contributed by atoms with Crippen molar-refractivity contribution in [2.45, 2.75) is 77.9 Å². The molecule has 122 valence electrons. The molecule has 21 heavy (non-hydrogen) atoms. The van der Waals surface area contributed by atoms with Crippen LogP contribution in [0.25, 0.3) is 0 Å². The lowest BCUT2D eigenvalue weighted by Gasteiger charge is -2.15. The zero-order valence-corrected chi connectivity index (χ0v) is 14.1. The summed E-state index contributed by atoms with van der Waals surface area (Å²) in [5.41, 5.74) is 0. The van der Waals surface area contributed by atoms with Gasteiger partial charge in [0, 0.05) is 7.11 Å². The van der Waals surface area contributed by atoms with Crippen LogP contribution in [0.3, 0.4) is 0 Å². The summed E-state index contributed by atoms with van der Waals surface area (Å²) >= 11 is 0. The van der Waals surface area contributed by atoms with Crippen LogP contribution in [0.15, 0.2) is 16.5 Å². The standard InChI is InChI=1S/C18H33NO2/c1-4-6-7-8-9-10-11-12-17(19-5-2)18-14-13-16(21-18)15-20-3/h13-14,17,19H,4-12,15H2,1-3H3. The van der Waals surface area contributed by atoms with Gasteiger partial charge >= 0.3 is 0 Å². The van der Waals surface area contributed by atoms with Crippen LogP contribution in [0.1, 0.15) is 82.8 Å². The zero-order chi connectivity index (χ0) is 15.3. The minimum Gasteiger partial charge on any atom is -0.462 e. The molecule has 0 spiro atoms. The summed E-state index contributed by atoms with van der Waals surface area (Å²) < 4.78 is 11.0. The quantitative estimate of drug-likeness (QED) is 0.507. The van der Waals surface area contributed by atoms with Crippen molar-refractivity contribution in [3.05, 3.63) is 23.7 Å². The van der Waals surface area contributed by atoms with E-state index >= 15 is 0 Å². The van der Waals surface area contributed by atoms with Crippen molar-refractivity contribution in [3.8, 4) is 0 Å². The van der Waals surface area contributed by atoms with Gasteiger partial charge in [-0.1, -0.05) is 58.8 Å². The minimum atomic E-state index is 0.344. The van der Waals surface area contributed by atoms with E-state index in [2.05, 4.69) is 25.2 Å². The maximum Gasteiger partial charge on any atom is 0.129 e. The number of furan rings is 1. The molecule has 0 aliphatic heterocycles. The smallest absolute Gasteiger partial charge is 0.129 e. The first-order chi connectivity index (χ1) is 10.3. The first-order valence-corrected chi connectivity index (χ1v) is 8.62. The van der Waals surface area contributed by atoms with Crippen LogP contribution in [-0.4, -0.2) is 13.7 Å². The number of hydrogen-bond donors (Lipinski definition) is 1. The van der Waals surface area contributed by atoms with Crippen LogP contribution in [0.5, 0.6) is 0 Å². The molecule has 1 atom stereocenters. The molecule has 0 aromatic carbocycles. The number of unbranched alkanes of at least 4 members (excludes halogenated alkanes) is 6. The Morgan fingerprint density at radius 1 is 1.05 bits per heavy atom. The summed E-state index contributed by atoms with van der Waals surface area (Å²) in [5.74, 6) is 1.96. The Morgan fingerprint density at radius 3 is 2.43 bits per heavy atom. The van der Waals surface area contributed by atoms with Crippen molar-refractivity contribution < 1.29 is 9.15 Å². The second-order valence-electron chi connectivity index (χ2n) is 5.76. The highest BCUT2D eigenvalue weighted by molar-refractivity contribution is 5.10. The number of ether oxygens (including phenoxy) is 1. The fourth-order valence-corrected chi connectivity index (χ4v) is 2.70. The molecule has 1 heterocycles. The van der Waals surface area contributed by atoms with Crippen molar-refractivity contribution in [1.29, 1.82) is 0 Å². The van der Waals surface area contributed by atoms with E-state index in [-0.39, 0.29) is 0 Å². The lowest BCUT2D eigenvalue weighted by atomic mass is 10.0. The third kappa shape index (κ3) is 7.68. The van der Waals surface area contributed by atoms with Gasteiger partial charge in [0.15, 0.2) is 0 Å². The predicted molar refractivity (Wildman–Crippen MR) is 88.4 cm³/mol. The molecule has 0 saturated carbocycles. The highest BCUT2D eigenvalue weighted by atomic mass is 16.5. The molecule has 0 aliphatic carbocycles. The van der Waals surface area contributed by atoms with Crippen molar-refractivity contribution in [3.63, 3.8) is 0 Å². The molecule has 0 bridgehead atoms. The van der Waals surface area contributed by atoms with E-state index in [1.807, 2.05) is 6.07 Å². The van der Waals surface area contributed by atoms with E-state index in [0.29, 0.717) is 12.6 Å². The van der Waals surface area contributed by atoms with E-state index in [9.17, 15) is 0 Å². The van der Waals surface area contributed by atoms with Gasteiger partial charge in [-0.25, -0.2) is 0 Å². The van der Waals surface area contributed by atoms with Crippen molar-refractivity contribution >= 4 is 0 Å². The molecule has 3 heteroatoms. The second-order valence-corrected chi connectivity index (χ2v) is 5.76. The summed E-state index contributed by atoms with van der Waals surface area (Å²) in [4.78, 5) is 0. The molecule has 0 radical (unpaired) electrons. The lowest BCUT2D eigenvalue weighted by Crippen LogP contribution is -2.20. The molecular formula is C18H33NO2. The molecule has 0 aliphatic rings. The van der Waals surface area contributed by atoms with E-state index in [4.69, 9.17) is 9.15 Å². The van der Waals surface area contributed by atoms with E-state index in [1.165, 1.54) is 44.9 Å². The number of nitrogens with one attached hydrogen (secondary N) is 1. The predicted octanol–water partition coefficient (Wildman–Crippen LogP) is 5.22. The Labute approximate surface area is 130 Å². The minimum absolute atomic E-state index is 0.344. The first kappa shape index (κ1) is 18.2. The van der Waals surface area contributed by atoms with Crippen LogP contribution in [-0.2, 0) is 11.3 Å².